The van der Waals surface area contributed by atoms with E-state index in [1.54, 1.807) is 6.08 Å². The van der Waals surface area contributed by atoms with Crippen molar-refractivity contribution in [3.8, 4) is 5.75 Å². The maximum Gasteiger partial charge on any atom is 0.305 e. The number of carboxylic acids is 1. The Labute approximate surface area is 120 Å². The Kier molecular flexibility index (Phi) is 7.25. The highest BCUT2D eigenvalue weighted by atomic mass is 16.5. The molecule has 0 fully saturated rings. The van der Waals surface area contributed by atoms with Gasteiger partial charge in [0.25, 0.3) is 0 Å². The van der Waals surface area contributed by atoms with E-state index in [4.69, 9.17) is 9.84 Å². The van der Waals surface area contributed by atoms with Crippen molar-refractivity contribution in [1.29, 1.82) is 0 Å². The van der Waals surface area contributed by atoms with Crippen LogP contribution < -0.4 is 9.64 Å². The molecule has 1 aromatic rings. The number of ether oxygens (including phenoxy) is 1. The number of hydrogen-bond donors (Lipinski definition) is 1. The molecule has 0 radical (unpaired) electrons. The van der Waals surface area contributed by atoms with E-state index in [-0.39, 0.29) is 6.42 Å². The number of unbranched alkanes of at least 4 members (excludes halogenated alkanes) is 1. The number of benzene rings is 1. The fourth-order valence-corrected chi connectivity index (χ4v) is 1.80. The van der Waals surface area contributed by atoms with Crippen molar-refractivity contribution < 1.29 is 14.6 Å². The van der Waals surface area contributed by atoms with Crippen molar-refractivity contribution in [2.75, 3.05) is 24.6 Å². The zero-order valence-electron chi connectivity index (χ0n) is 12.0. The van der Waals surface area contributed by atoms with Gasteiger partial charge in [0.15, 0.2) is 0 Å². The van der Waals surface area contributed by atoms with Crippen molar-refractivity contribution in [2.24, 2.45) is 0 Å². The van der Waals surface area contributed by atoms with Crippen molar-refractivity contribution in [3.05, 3.63) is 36.9 Å². The van der Waals surface area contributed by atoms with Crippen LogP contribution in [0.15, 0.2) is 36.9 Å². The third-order valence-corrected chi connectivity index (χ3v) is 2.91. The minimum Gasteiger partial charge on any atom is -0.494 e. The molecule has 20 heavy (non-hydrogen) atoms. The summed E-state index contributed by atoms with van der Waals surface area (Å²) in [6, 6.07) is 7.74. The van der Waals surface area contributed by atoms with Crippen LogP contribution in [0, 0.1) is 0 Å². The normalized spacial score (nSPS) is 10.1. The molecule has 0 aliphatic heterocycles. The molecular formula is C16H23NO3. The summed E-state index contributed by atoms with van der Waals surface area (Å²) in [6.45, 7) is 7.66. The number of aliphatic carboxylic acids is 1. The fraction of sp³-hybridized carbons (Fsp3) is 0.438. The molecule has 4 heteroatoms. The Bertz CT molecular complexity index is 414. The second-order valence-electron chi connectivity index (χ2n) is 4.57. The van der Waals surface area contributed by atoms with E-state index in [9.17, 15) is 4.79 Å². The van der Waals surface area contributed by atoms with Gasteiger partial charge in [0.1, 0.15) is 5.75 Å². The summed E-state index contributed by atoms with van der Waals surface area (Å²) < 4.78 is 5.61. The van der Waals surface area contributed by atoms with E-state index >= 15 is 0 Å². The average molecular weight is 277 g/mol. The van der Waals surface area contributed by atoms with Gasteiger partial charge in [0.05, 0.1) is 13.0 Å². The maximum atomic E-state index is 10.7. The van der Waals surface area contributed by atoms with Gasteiger partial charge in [-0.25, -0.2) is 0 Å². The quantitative estimate of drug-likeness (QED) is 0.526. The molecule has 0 aliphatic carbocycles. The Morgan fingerprint density at radius 3 is 2.65 bits per heavy atom. The predicted molar refractivity (Wildman–Crippen MR) is 81.5 cm³/mol. The molecule has 4 nitrogen and oxygen atoms in total. The van der Waals surface area contributed by atoms with Gasteiger partial charge in [-0.3, -0.25) is 4.79 Å². The van der Waals surface area contributed by atoms with E-state index in [0.29, 0.717) is 13.1 Å². The van der Waals surface area contributed by atoms with Gasteiger partial charge in [-0.2, -0.15) is 0 Å². The molecule has 0 saturated carbocycles. The first kappa shape index (κ1) is 16.1. The highest BCUT2D eigenvalue weighted by Crippen LogP contribution is 2.20. The molecule has 0 aliphatic rings. The van der Waals surface area contributed by atoms with Crippen molar-refractivity contribution in [2.45, 2.75) is 26.2 Å². The van der Waals surface area contributed by atoms with E-state index in [2.05, 4.69) is 13.5 Å². The zero-order chi connectivity index (χ0) is 14.8. The van der Waals surface area contributed by atoms with E-state index in [0.717, 1.165) is 30.9 Å². The molecule has 110 valence electrons. The topological polar surface area (TPSA) is 49.8 Å². The third kappa shape index (κ3) is 5.78. The Balaban J connectivity index is 2.61. The van der Waals surface area contributed by atoms with Gasteiger partial charge < -0.3 is 14.7 Å². The van der Waals surface area contributed by atoms with Crippen molar-refractivity contribution in [3.63, 3.8) is 0 Å². The largest absolute Gasteiger partial charge is 0.494 e. The second-order valence-corrected chi connectivity index (χ2v) is 4.57. The van der Waals surface area contributed by atoms with Crippen LogP contribution in [0.5, 0.6) is 5.75 Å². The number of hydrogen-bond acceptors (Lipinski definition) is 3. The van der Waals surface area contributed by atoms with Crippen LogP contribution in [0.1, 0.15) is 26.2 Å². The van der Waals surface area contributed by atoms with Crippen LogP contribution in [0.25, 0.3) is 0 Å². The van der Waals surface area contributed by atoms with Crippen molar-refractivity contribution in [1.82, 2.24) is 0 Å². The predicted octanol–water partition coefficient (Wildman–Crippen LogP) is 3.33. The highest BCUT2D eigenvalue weighted by molar-refractivity contribution is 5.67. The molecule has 1 rings (SSSR count). The Hall–Kier alpha value is -1.97. The standard InChI is InChI=1S/C16H23NO3/c1-3-5-13-20-15-8-6-14(7-9-15)17(11-4-2)12-10-16(18)19/h4,6-9H,2-3,5,10-13H2,1H3,(H,18,19). The summed E-state index contributed by atoms with van der Waals surface area (Å²) in [7, 11) is 0. The van der Waals surface area contributed by atoms with Gasteiger partial charge >= 0.3 is 5.97 Å². The van der Waals surface area contributed by atoms with Gasteiger partial charge in [0, 0.05) is 18.8 Å². The summed E-state index contributed by atoms with van der Waals surface area (Å²) in [5.74, 6) is 0.0533. The van der Waals surface area contributed by atoms with E-state index < -0.39 is 5.97 Å². The van der Waals surface area contributed by atoms with Gasteiger partial charge in [-0.1, -0.05) is 19.4 Å². The van der Waals surface area contributed by atoms with Crippen LogP contribution in [0.4, 0.5) is 5.69 Å². The summed E-state index contributed by atoms with van der Waals surface area (Å²) in [4.78, 5) is 12.7. The van der Waals surface area contributed by atoms with Gasteiger partial charge in [0.2, 0.25) is 0 Å². The monoisotopic (exact) mass is 277 g/mol. The summed E-state index contributed by atoms with van der Waals surface area (Å²) >= 11 is 0. The molecule has 0 heterocycles. The maximum absolute atomic E-state index is 10.7. The van der Waals surface area contributed by atoms with Crippen molar-refractivity contribution >= 4 is 11.7 Å². The molecule has 1 aromatic carbocycles. The van der Waals surface area contributed by atoms with E-state index in [1.165, 1.54) is 0 Å². The van der Waals surface area contributed by atoms with E-state index in [1.807, 2.05) is 29.2 Å². The van der Waals surface area contributed by atoms with Crippen LogP contribution in [-0.2, 0) is 4.79 Å². The first-order valence-corrected chi connectivity index (χ1v) is 6.98. The van der Waals surface area contributed by atoms with Gasteiger partial charge in [-0.05, 0) is 30.7 Å². The number of carbonyl (C=O) groups is 1. The summed E-state index contributed by atoms with van der Waals surface area (Å²) in [5, 5.41) is 8.77. The lowest BCUT2D eigenvalue weighted by Gasteiger charge is -2.22. The highest BCUT2D eigenvalue weighted by Gasteiger charge is 2.07. The number of carboxylic acid groups (broad SMARTS) is 1. The molecule has 0 amide bonds. The first-order valence-electron chi connectivity index (χ1n) is 6.98. The second kappa shape index (κ2) is 9.02. The lowest BCUT2D eigenvalue weighted by atomic mass is 10.2. The minimum absolute atomic E-state index is 0.114. The summed E-state index contributed by atoms with van der Waals surface area (Å²) in [6.07, 6.45) is 4.04. The lowest BCUT2D eigenvalue weighted by Crippen LogP contribution is -2.26. The van der Waals surface area contributed by atoms with Crippen LogP contribution in [-0.4, -0.2) is 30.8 Å². The van der Waals surface area contributed by atoms with Crippen LogP contribution in [0.2, 0.25) is 0 Å². The molecule has 0 unspecified atom stereocenters. The minimum atomic E-state index is -0.793. The fourth-order valence-electron chi connectivity index (χ4n) is 1.80. The lowest BCUT2D eigenvalue weighted by molar-refractivity contribution is -0.136. The third-order valence-electron chi connectivity index (χ3n) is 2.91. The molecule has 0 saturated heterocycles. The zero-order valence-corrected chi connectivity index (χ0v) is 12.0. The average Bonchev–Trinajstić information content (AvgIpc) is 2.44. The molecule has 0 spiro atoms. The molecule has 0 bridgehead atoms. The SMILES string of the molecule is C=CCN(CCC(=O)O)c1ccc(OCCCC)cc1. The number of anilines is 1. The van der Waals surface area contributed by atoms with Crippen LogP contribution >= 0.6 is 0 Å². The Morgan fingerprint density at radius 1 is 1.40 bits per heavy atom. The van der Waals surface area contributed by atoms with Crippen LogP contribution in [0.3, 0.4) is 0 Å². The molecule has 1 N–H and O–H groups in total. The molecule has 0 aromatic heterocycles. The smallest absolute Gasteiger partial charge is 0.305 e. The van der Waals surface area contributed by atoms with Gasteiger partial charge in [-0.15, -0.1) is 6.58 Å². The first-order chi connectivity index (χ1) is 9.67. The molecule has 0 atom stereocenters. The number of rotatable bonds is 10. The number of nitrogens with zero attached hydrogens (tertiary/aromatic N) is 1. The summed E-state index contributed by atoms with van der Waals surface area (Å²) in [5.41, 5.74) is 0.981. The molecular weight excluding hydrogens is 254 g/mol. The Morgan fingerprint density at radius 2 is 2.10 bits per heavy atom.